The van der Waals surface area contributed by atoms with Crippen molar-refractivity contribution >= 4 is 33.4 Å². The topological polar surface area (TPSA) is 83.4 Å². The molecule has 7 nitrogen and oxygen atoms in total. The highest BCUT2D eigenvalue weighted by atomic mass is 79.9. The first-order chi connectivity index (χ1) is 17.0. The predicted molar refractivity (Wildman–Crippen MR) is 133 cm³/mol. The Morgan fingerprint density at radius 2 is 1.86 bits per heavy atom. The minimum atomic E-state index is -0.737. The van der Waals surface area contributed by atoms with Crippen LogP contribution in [-0.2, 0) is 19.1 Å². The van der Waals surface area contributed by atoms with Gasteiger partial charge in [0, 0.05) is 40.9 Å². The smallest absolute Gasteiger partial charge is 0.315 e. The summed E-state index contributed by atoms with van der Waals surface area (Å²) in [7, 11) is 1.55. The molecule has 182 valence electrons. The van der Waals surface area contributed by atoms with E-state index >= 15 is 0 Å². The van der Waals surface area contributed by atoms with Crippen molar-refractivity contribution in [1.82, 2.24) is 0 Å². The van der Waals surface area contributed by atoms with Crippen LogP contribution in [0.3, 0.4) is 0 Å². The Morgan fingerprint density at radius 3 is 2.60 bits per heavy atom. The van der Waals surface area contributed by atoms with Gasteiger partial charge in [0.15, 0.2) is 17.3 Å². The minimum Gasteiger partial charge on any atom is -0.463 e. The van der Waals surface area contributed by atoms with Crippen LogP contribution in [0.25, 0.3) is 0 Å². The number of aliphatic imine (C=N–C) groups is 1. The van der Waals surface area contributed by atoms with E-state index in [9.17, 15) is 9.59 Å². The summed E-state index contributed by atoms with van der Waals surface area (Å²) in [6.07, 6.45) is 0.994. The summed E-state index contributed by atoms with van der Waals surface area (Å²) in [5.41, 5.74) is 3.83. The fourth-order valence-electron chi connectivity index (χ4n) is 5.15. The highest BCUT2D eigenvalue weighted by molar-refractivity contribution is 9.10. The van der Waals surface area contributed by atoms with Crippen LogP contribution in [0.5, 0.6) is 11.5 Å². The maximum atomic E-state index is 13.7. The number of ether oxygens (including phenoxy) is 4. The number of carbonyl (C=O) groups excluding carboxylic acids is 2. The van der Waals surface area contributed by atoms with Gasteiger partial charge in [-0.1, -0.05) is 46.3 Å². The van der Waals surface area contributed by atoms with Crippen molar-refractivity contribution in [3.63, 3.8) is 0 Å². The average molecular weight is 540 g/mol. The number of hydrogen-bond donors (Lipinski definition) is 0. The van der Waals surface area contributed by atoms with Gasteiger partial charge in [-0.05, 0) is 42.5 Å². The molecule has 1 aliphatic carbocycles. The number of carbonyl (C=O) groups is 2. The molecule has 0 saturated heterocycles. The summed E-state index contributed by atoms with van der Waals surface area (Å²) in [5, 5.41) is 0. The number of allylic oxidation sites excluding steroid dienone is 2. The number of fused-ring (bicyclic) bond motifs is 1. The number of halogens is 1. The molecule has 2 heterocycles. The molecule has 0 N–H and O–H groups in total. The van der Waals surface area contributed by atoms with E-state index in [1.54, 1.807) is 7.11 Å². The Morgan fingerprint density at radius 1 is 1.11 bits per heavy atom. The van der Waals surface area contributed by atoms with E-state index in [4.69, 9.17) is 23.9 Å². The summed E-state index contributed by atoms with van der Waals surface area (Å²) in [4.78, 5) is 31.8. The van der Waals surface area contributed by atoms with Crippen LogP contribution in [0.1, 0.15) is 42.7 Å². The van der Waals surface area contributed by atoms with Crippen LogP contribution in [0.2, 0.25) is 0 Å². The molecule has 8 heteroatoms. The summed E-state index contributed by atoms with van der Waals surface area (Å²) >= 11 is 3.65. The zero-order chi connectivity index (χ0) is 24.5. The van der Waals surface area contributed by atoms with E-state index in [0.717, 1.165) is 21.3 Å². The van der Waals surface area contributed by atoms with Gasteiger partial charge in [0.05, 0.1) is 6.61 Å². The molecule has 0 saturated carbocycles. The lowest BCUT2D eigenvalue weighted by Crippen LogP contribution is -2.38. The molecule has 0 aromatic heterocycles. The molecule has 3 aliphatic rings. The maximum Gasteiger partial charge on any atom is 0.315 e. The Kier molecular flexibility index (Phi) is 6.75. The Balaban J connectivity index is 1.59. The number of esters is 1. The van der Waals surface area contributed by atoms with Crippen molar-refractivity contribution in [2.24, 2.45) is 10.9 Å². The third-order valence-electron chi connectivity index (χ3n) is 6.77. The molecule has 2 aromatic rings. The van der Waals surface area contributed by atoms with E-state index in [-0.39, 0.29) is 25.1 Å². The van der Waals surface area contributed by atoms with Gasteiger partial charge < -0.3 is 18.9 Å². The van der Waals surface area contributed by atoms with E-state index in [1.807, 2.05) is 49.4 Å². The minimum absolute atomic E-state index is 0.000566. The van der Waals surface area contributed by atoms with E-state index in [2.05, 4.69) is 15.9 Å². The lowest BCUT2D eigenvalue weighted by Gasteiger charge is -2.37. The van der Waals surface area contributed by atoms with Crippen molar-refractivity contribution < 1.29 is 28.5 Å². The lowest BCUT2D eigenvalue weighted by atomic mass is 9.69. The van der Waals surface area contributed by atoms with Gasteiger partial charge in [0.25, 0.3) is 0 Å². The number of Topliss-reactive ketones (excluding diaryl/α,β-unsaturated/α-hetero) is 1. The second-order valence-corrected chi connectivity index (χ2v) is 9.75. The van der Waals surface area contributed by atoms with Crippen molar-refractivity contribution in [2.75, 3.05) is 27.1 Å². The number of methoxy groups -OCH3 is 1. The molecule has 0 spiro atoms. The molecular weight excluding hydrogens is 514 g/mol. The van der Waals surface area contributed by atoms with E-state index in [1.165, 1.54) is 0 Å². The number of ketones is 1. The van der Waals surface area contributed by atoms with Crippen LogP contribution in [0.4, 0.5) is 0 Å². The van der Waals surface area contributed by atoms with Crippen LogP contribution in [0.15, 0.2) is 63.2 Å². The second kappa shape index (κ2) is 9.95. The number of benzene rings is 2. The second-order valence-electron chi connectivity index (χ2n) is 8.90. The number of nitrogens with zero attached hydrogens (tertiary/aromatic N) is 1. The van der Waals surface area contributed by atoms with Crippen LogP contribution in [-0.4, -0.2) is 44.6 Å². The van der Waals surface area contributed by atoms with E-state index in [0.29, 0.717) is 42.2 Å². The molecule has 0 amide bonds. The molecular formula is C27H26BrNO6. The number of hydrogen-bond acceptors (Lipinski definition) is 7. The summed E-state index contributed by atoms with van der Waals surface area (Å²) in [6.45, 7) is 2.38. The van der Waals surface area contributed by atoms with Crippen LogP contribution in [0, 0.1) is 5.92 Å². The fourth-order valence-corrected chi connectivity index (χ4v) is 5.72. The molecule has 35 heavy (non-hydrogen) atoms. The Bertz CT molecular complexity index is 1220. The summed E-state index contributed by atoms with van der Waals surface area (Å²) in [6, 6.07) is 13.7. The van der Waals surface area contributed by atoms with Gasteiger partial charge in [-0.3, -0.25) is 14.6 Å². The van der Waals surface area contributed by atoms with Gasteiger partial charge >= 0.3 is 5.97 Å². The molecule has 5 rings (SSSR count). The first-order valence-corrected chi connectivity index (χ1v) is 12.4. The van der Waals surface area contributed by atoms with Gasteiger partial charge in [-0.25, -0.2) is 0 Å². The first-order valence-electron chi connectivity index (χ1n) is 11.6. The Labute approximate surface area is 212 Å². The third kappa shape index (κ3) is 4.52. The Hall–Kier alpha value is -2.97. The molecule has 0 radical (unpaired) electrons. The largest absolute Gasteiger partial charge is 0.463 e. The highest BCUT2D eigenvalue weighted by Gasteiger charge is 2.45. The standard InChI is InChI=1S/C27H26BrNO6/c1-15-24(27(31)33-9-8-32-2)25(18-12-22-23(13-19(18)28)35-14-34-22)26-20(29-15)10-17(11-21(26)30)16-6-4-3-5-7-16/h3-7,12-13,17,24-25H,8-11,14H2,1-2H3/t17-,24?,25+/m0/s1. The van der Waals surface area contributed by atoms with Gasteiger partial charge in [-0.15, -0.1) is 0 Å². The molecule has 1 unspecified atom stereocenters. The first kappa shape index (κ1) is 23.8. The molecule has 2 aliphatic heterocycles. The maximum absolute atomic E-state index is 13.7. The molecule has 2 aromatic carbocycles. The van der Waals surface area contributed by atoms with Crippen molar-refractivity contribution in [2.45, 2.75) is 31.6 Å². The van der Waals surface area contributed by atoms with Gasteiger partial charge in [0.2, 0.25) is 6.79 Å². The fraction of sp³-hybridized carbons (Fsp3) is 0.370. The molecule has 0 fully saturated rings. The van der Waals surface area contributed by atoms with Gasteiger partial charge in [-0.2, -0.15) is 0 Å². The zero-order valence-electron chi connectivity index (χ0n) is 19.6. The van der Waals surface area contributed by atoms with E-state index < -0.39 is 17.8 Å². The van der Waals surface area contributed by atoms with Crippen molar-refractivity contribution in [3.8, 4) is 11.5 Å². The van der Waals surface area contributed by atoms with Crippen molar-refractivity contribution in [1.29, 1.82) is 0 Å². The third-order valence-corrected chi connectivity index (χ3v) is 7.46. The molecule has 0 bridgehead atoms. The lowest BCUT2D eigenvalue weighted by molar-refractivity contribution is -0.147. The number of rotatable bonds is 6. The normalized spacial score (nSPS) is 23.1. The summed E-state index contributed by atoms with van der Waals surface area (Å²) < 4.78 is 22.4. The molecule has 3 atom stereocenters. The average Bonchev–Trinajstić information content (AvgIpc) is 3.30. The van der Waals surface area contributed by atoms with Crippen LogP contribution >= 0.6 is 15.9 Å². The quantitative estimate of drug-likeness (QED) is 0.381. The zero-order valence-corrected chi connectivity index (χ0v) is 21.2. The predicted octanol–water partition coefficient (Wildman–Crippen LogP) is 4.94. The van der Waals surface area contributed by atoms with Crippen molar-refractivity contribution in [3.05, 3.63) is 69.3 Å². The van der Waals surface area contributed by atoms with Gasteiger partial charge in [0.1, 0.15) is 12.5 Å². The summed E-state index contributed by atoms with van der Waals surface area (Å²) in [5.74, 6) is -0.463. The van der Waals surface area contributed by atoms with Crippen LogP contribution < -0.4 is 9.47 Å². The monoisotopic (exact) mass is 539 g/mol. The SMILES string of the molecule is COCCOC(=O)C1C(C)=NC2=C(C(=O)C[C@@H](c3ccccc3)C2)[C@@H]1c1cc2c(cc1Br)OCO2. The highest BCUT2D eigenvalue weighted by Crippen LogP contribution is 2.50.